The number of hydrogen-bond acceptors (Lipinski definition) is 9. The van der Waals surface area contributed by atoms with Gasteiger partial charge in [0.15, 0.2) is 5.82 Å². The lowest BCUT2D eigenvalue weighted by molar-refractivity contribution is 0.565. The van der Waals surface area contributed by atoms with Crippen molar-refractivity contribution in [2.75, 3.05) is 28.6 Å². The van der Waals surface area contributed by atoms with Gasteiger partial charge in [0.25, 0.3) is 10.0 Å². The van der Waals surface area contributed by atoms with Crippen molar-refractivity contribution < 1.29 is 21.4 Å². The topological polar surface area (TPSA) is 126 Å². The first-order valence-corrected chi connectivity index (χ1v) is 18.7. The summed E-state index contributed by atoms with van der Waals surface area (Å²) in [4.78, 5) is 14.0. The summed E-state index contributed by atoms with van der Waals surface area (Å²) in [6.07, 6.45) is 3.23. The summed E-state index contributed by atoms with van der Waals surface area (Å²) in [5.41, 5.74) is 0.471. The van der Waals surface area contributed by atoms with Gasteiger partial charge in [-0.25, -0.2) is 40.7 Å². The summed E-state index contributed by atoms with van der Waals surface area (Å²) < 4.78 is 76.5. The second-order valence-electron chi connectivity index (χ2n) is 11.8. The van der Waals surface area contributed by atoms with Crippen LogP contribution in [0.3, 0.4) is 0 Å². The van der Waals surface area contributed by atoms with Gasteiger partial charge in [-0.15, -0.1) is 11.3 Å². The first-order valence-electron chi connectivity index (χ1n) is 14.6. The fourth-order valence-electron chi connectivity index (χ4n) is 5.08. The molecule has 0 aliphatic carbocycles. The Morgan fingerprint density at radius 2 is 1.78 bits per heavy atom. The van der Waals surface area contributed by atoms with E-state index >= 15 is 4.39 Å². The van der Waals surface area contributed by atoms with Crippen LogP contribution in [0.1, 0.15) is 51.1 Å². The van der Waals surface area contributed by atoms with E-state index < -0.39 is 36.3 Å². The zero-order valence-electron chi connectivity index (χ0n) is 25.7. The maximum Gasteiger partial charge on any atom is 0.265 e. The van der Waals surface area contributed by atoms with Crippen LogP contribution in [0.15, 0.2) is 57.9 Å². The molecule has 5 rings (SSSR count). The molecule has 3 heterocycles. The average molecular weight is 675 g/mol. The van der Waals surface area contributed by atoms with Crippen LogP contribution in [-0.4, -0.2) is 52.2 Å². The summed E-state index contributed by atoms with van der Waals surface area (Å²) in [7, 11) is -5.01. The molecule has 4 aromatic rings. The standard InChI is InChI=1S/C31H36F2N6O3S3/c1-6-19-9-7-11-22(32)28(19)45(41,42)39-23-12-8-10-21(25(23)33)26-27(43-29(38-26)31(2,3)4)24-13-16-35-30(37-24)36-20-14-17-44(40,34-5)18-15-20/h7-13,16,20,39H,6,14-15,17-18H2,1-5H3,(H,35,36,37). The SMILES string of the molecule is CCc1cccc(F)c1S(=O)(=O)Nc1cccc(-c2nc(C(C)(C)C)sc2-c2ccnc(NC3CCS(=O)(=NC)CC3)n2)c1F. The summed E-state index contributed by atoms with van der Waals surface area (Å²) in [5, 5.41) is 4.07. The van der Waals surface area contributed by atoms with E-state index in [1.165, 1.54) is 41.7 Å². The van der Waals surface area contributed by atoms with Gasteiger partial charge in [0.1, 0.15) is 10.7 Å². The number of nitrogens with zero attached hydrogens (tertiary/aromatic N) is 4. The lowest BCUT2D eigenvalue weighted by atomic mass is 9.98. The Balaban J connectivity index is 1.52. The van der Waals surface area contributed by atoms with Gasteiger partial charge in [-0.1, -0.05) is 45.9 Å². The molecule has 0 unspecified atom stereocenters. The van der Waals surface area contributed by atoms with E-state index in [0.29, 0.717) is 46.6 Å². The molecule has 1 saturated heterocycles. The lowest BCUT2D eigenvalue weighted by Gasteiger charge is -2.25. The largest absolute Gasteiger partial charge is 0.351 e. The number of hydrogen-bond donors (Lipinski definition) is 2. The van der Waals surface area contributed by atoms with Crippen LogP contribution < -0.4 is 10.0 Å². The van der Waals surface area contributed by atoms with Crippen molar-refractivity contribution >= 4 is 42.7 Å². The predicted octanol–water partition coefficient (Wildman–Crippen LogP) is 6.88. The highest BCUT2D eigenvalue weighted by atomic mass is 32.2. The Morgan fingerprint density at radius 1 is 1.07 bits per heavy atom. The average Bonchev–Trinajstić information content (AvgIpc) is 3.45. The van der Waals surface area contributed by atoms with E-state index in [4.69, 9.17) is 9.97 Å². The monoisotopic (exact) mass is 674 g/mol. The highest BCUT2D eigenvalue weighted by Gasteiger charge is 2.29. The molecule has 0 amide bonds. The van der Waals surface area contributed by atoms with E-state index in [1.54, 1.807) is 26.2 Å². The van der Waals surface area contributed by atoms with Crippen LogP contribution in [0.25, 0.3) is 21.8 Å². The van der Waals surface area contributed by atoms with Gasteiger partial charge in [-0.2, -0.15) is 0 Å². The minimum Gasteiger partial charge on any atom is -0.351 e. The van der Waals surface area contributed by atoms with Gasteiger partial charge in [0, 0.05) is 51.5 Å². The first kappa shape index (κ1) is 32.9. The summed E-state index contributed by atoms with van der Waals surface area (Å²) in [6.45, 7) is 7.71. The number of nitrogens with one attached hydrogen (secondary N) is 2. The Hall–Kier alpha value is -3.49. The fraction of sp³-hybridized carbons (Fsp3) is 0.387. The van der Waals surface area contributed by atoms with Gasteiger partial charge in [0.2, 0.25) is 5.95 Å². The zero-order valence-corrected chi connectivity index (χ0v) is 28.2. The van der Waals surface area contributed by atoms with Crippen molar-refractivity contribution in [1.82, 2.24) is 15.0 Å². The van der Waals surface area contributed by atoms with E-state index in [-0.39, 0.29) is 34.7 Å². The molecule has 1 aliphatic heterocycles. The molecule has 2 aromatic carbocycles. The van der Waals surface area contributed by atoms with Crippen molar-refractivity contribution in [1.29, 1.82) is 0 Å². The van der Waals surface area contributed by atoms with Gasteiger partial charge in [-0.3, -0.25) is 4.72 Å². The number of aromatic nitrogens is 3. The summed E-state index contributed by atoms with van der Waals surface area (Å²) in [6, 6.07) is 10.1. The molecular formula is C31H36F2N6O3S3. The number of benzene rings is 2. The van der Waals surface area contributed by atoms with Crippen molar-refractivity contribution in [2.24, 2.45) is 4.36 Å². The third-order valence-electron chi connectivity index (χ3n) is 7.59. The normalized spacial score (nSPS) is 18.9. The second kappa shape index (κ2) is 12.7. The Morgan fingerprint density at radius 3 is 2.44 bits per heavy atom. The maximum atomic E-state index is 16.2. The summed E-state index contributed by atoms with van der Waals surface area (Å²) in [5.74, 6) is -0.364. The molecule has 240 valence electrons. The molecule has 1 aliphatic rings. The molecule has 0 spiro atoms. The highest BCUT2D eigenvalue weighted by Crippen LogP contribution is 2.42. The predicted molar refractivity (Wildman–Crippen MR) is 177 cm³/mol. The molecule has 2 aromatic heterocycles. The molecular weight excluding hydrogens is 639 g/mol. The number of rotatable bonds is 8. The van der Waals surface area contributed by atoms with Crippen molar-refractivity contribution in [2.45, 2.75) is 63.3 Å². The third kappa shape index (κ3) is 7.02. The second-order valence-corrected chi connectivity index (χ2v) is 17.2. The van der Waals surface area contributed by atoms with Gasteiger partial charge in [0.05, 0.1) is 27.0 Å². The Labute approximate surface area is 267 Å². The molecule has 0 saturated carbocycles. The van der Waals surface area contributed by atoms with Crippen LogP contribution in [0, 0.1) is 11.6 Å². The van der Waals surface area contributed by atoms with E-state index in [2.05, 4.69) is 19.4 Å². The quantitative estimate of drug-likeness (QED) is 0.209. The number of thiazole rings is 1. The minimum atomic E-state index is -4.45. The Bertz CT molecular complexity index is 1950. The molecule has 0 bridgehead atoms. The molecule has 14 heteroatoms. The van der Waals surface area contributed by atoms with Crippen molar-refractivity contribution in [3.05, 3.63) is 70.9 Å². The molecule has 0 atom stereocenters. The first-order chi connectivity index (χ1) is 21.2. The van der Waals surface area contributed by atoms with E-state index in [9.17, 15) is 17.0 Å². The number of aryl methyl sites for hydroxylation is 1. The highest BCUT2D eigenvalue weighted by molar-refractivity contribution is 7.93. The van der Waals surface area contributed by atoms with Crippen LogP contribution in [0.2, 0.25) is 0 Å². The zero-order chi connectivity index (χ0) is 32.6. The van der Waals surface area contributed by atoms with Crippen molar-refractivity contribution in [3.63, 3.8) is 0 Å². The molecule has 45 heavy (non-hydrogen) atoms. The molecule has 1 fully saturated rings. The van der Waals surface area contributed by atoms with Gasteiger partial charge in [-0.05, 0) is 49.1 Å². The smallest absolute Gasteiger partial charge is 0.265 e. The number of anilines is 2. The van der Waals surface area contributed by atoms with E-state index in [0.717, 1.165) is 11.1 Å². The van der Waals surface area contributed by atoms with E-state index in [1.807, 2.05) is 20.8 Å². The Kier molecular flexibility index (Phi) is 9.30. The minimum absolute atomic E-state index is 0.0347. The summed E-state index contributed by atoms with van der Waals surface area (Å²) >= 11 is 1.37. The molecule has 9 nitrogen and oxygen atoms in total. The number of sulfonamides is 1. The third-order valence-corrected chi connectivity index (χ3v) is 13.0. The molecule has 0 radical (unpaired) electrons. The molecule has 2 N–H and O–H groups in total. The van der Waals surface area contributed by atoms with Gasteiger partial charge >= 0.3 is 0 Å². The van der Waals surface area contributed by atoms with Crippen LogP contribution in [0.4, 0.5) is 20.4 Å². The van der Waals surface area contributed by atoms with Crippen molar-refractivity contribution in [3.8, 4) is 21.8 Å². The maximum absolute atomic E-state index is 16.2. The fourth-order valence-corrected chi connectivity index (χ4v) is 9.50. The van der Waals surface area contributed by atoms with Crippen LogP contribution in [0.5, 0.6) is 0 Å². The van der Waals surface area contributed by atoms with Crippen LogP contribution in [-0.2, 0) is 31.6 Å². The lowest BCUT2D eigenvalue weighted by Crippen LogP contribution is -2.32. The van der Waals surface area contributed by atoms with Gasteiger partial charge < -0.3 is 5.32 Å². The van der Waals surface area contributed by atoms with Crippen LogP contribution >= 0.6 is 11.3 Å². The number of halogens is 2.